The number of thiazole rings is 1. The van der Waals surface area contributed by atoms with Gasteiger partial charge in [0.15, 0.2) is 9.84 Å². The molecule has 0 bridgehead atoms. The number of aromatic carboxylic acids is 1. The van der Waals surface area contributed by atoms with Gasteiger partial charge in [0.05, 0.1) is 16.0 Å². The van der Waals surface area contributed by atoms with Gasteiger partial charge in [-0.3, -0.25) is 4.79 Å². The van der Waals surface area contributed by atoms with Gasteiger partial charge in [-0.25, -0.2) is 18.2 Å². The minimum absolute atomic E-state index is 0.0772. The summed E-state index contributed by atoms with van der Waals surface area (Å²) in [5.41, 5.74) is 1.49. The maximum absolute atomic E-state index is 11.9. The van der Waals surface area contributed by atoms with E-state index in [1.807, 2.05) is 0 Å². The molecule has 2 rings (SSSR count). The van der Waals surface area contributed by atoms with Crippen molar-refractivity contribution in [1.29, 1.82) is 0 Å². The van der Waals surface area contributed by atoms with Gasteiger partial charge in [0.2, 0.25) is 0 Å². The number of carbonyl (C=O) groups is 2. The van der Waals surface area contributed by atoms with E-state index in [2.05, 4.69) is 10.3 Å². The second-order valence-corrected chi connectivity index (χ2v) is 6.89. The van der Waals surface area contributed by atoms with Crippen LogP contribution in [0.25, 0.3) is 0 Å². The largest absolute Gasteiger partial charge is 0.478 e. The first-order valence-electron chi connectivity index (χ1n) is 5.55. The van der Waals surface area contributed by atoms with Crippen LogP contribution in [0.15, 0.2) is 34.0 Å². The van der Waals surface area contributed by atoms with Gasteiger partial charge in [-0.1, -0.05) is 0 Å². The van der Waals surface area contributed by atoms with Crippen molar-refractivity contribution in [3.63, 3.8) is 0 Å². The molecule has 1 amide bonds. The lowest BCUT2D eigenvalue weighted by Crippen LogP contribution is -2.13. The van der Waals surface area contributed by atoms with Crippen LogP contribution in [0.1, 0.15) is 20.8 Å². The normalized spacial score (nSPS) is 11.1. The fourth-order valence-corrected chi connectivity index (χ4v) is 2.74. The number of nitrogens with one attached hydrogen (secondary N) is 1. The van der Waals surface area contributed by atoms with Crippen molar-refractivity contribution >= 4 is 38.7 Å². The lowest BCUT2D eigenvalue weighted by atomic mass is 10.2. The van der Waals surface area contributed by atoms with Crippen molar-refractivity contribution in [1.82, 2.24) is 4.98 Å². The monoisotopic (exact) mass is 326 g/mol. The number of rotatable bonds is 4. The highest BCUT2D eigenvalue weighted by Crippen LogP contribution is 2.20. The maximum atomic E-state index is 11.9. The molecule has 110 valence electrons. The second kappa shape index (κ2) is 5.62. The van der Waals surface area contributed by atoms with Crippen molar-refractivity contribution < 1.29 is 23.1 Å². The Morgan fingerprint density at radius 1 is 1.29 bits per heavy atom. The molecular formula is C12H10N2O5S2. The van der Waals surface area contributed by atoms with Gasteiger partial charge in [-0.05, 0) is 18.2 Å². The molecule has 0 radical (unpaired) electrons. The van der Waals surface area contributed by atoms with Gasteiger partial charge in [-0.15, -0.1) is 11.3 Å². The summed E-state index contributed by atoms with van der Waals surface area (Å²) in [5, 5.41) is 13.0. The summed E-state index contributed by atoms with van der Waals surface area (Å²) in [7, 11) is -3.60. The van der Waals surface area contributed by atoms with Gasteiger partial charge in [0.25, 0.3) is 5.91 Å². The van der Waals surface area contributed by atoms with Crippen molar-refractivity contribution in [2.75, 3.05) is 11.6 Å². The number of benzene rings is 1. The predicted octanol–water partition coefficient (Wildman–Crippen LogP) is 1.50. The van der Waals surface area contributed by atoms with Crippen LogP contribution in [-0.4, -0.2) is 36.6 Å². The average Bonchev–Trinajstić information content (AvgIpc) is 2.91. The van der Waals surface area contributed by atoms with Crippen LogP contribution in [-0.2, 0) is 9.84 Å². The van der Waals surface area contributed by atoms with Crippen LogP contribution >= 0.6 is 11.3 Å². The van der Waals surface area contributed by atoms with Gasteiger partial charge in [0, 0.05) is 17.3 Å². The van der Waals surface area contributed by atoms with E-state index in [9.17, 15) is 18.0 Å². The van der Waals surface area contributed by atoms with E-state index in [1.165, 1.54) is 34.4 Å². The van der Waals surface area contributed by atoms with E-state index in [4.69, 9.17) is 5.11 Å². The third kappa shape index (κ3) is 3.64. The number of anilines is 1. The molecule has 0 aliphatic heterocycles. The Balaban J connectivity index is 2.41. The van der Waals surface area contributed by atoms with E-state index in [-0.39, 0.29) is 21.8 Å². The summed E-state index contributed by atoms with van der Waals surface area (Å²) >= 11 is 1.23. The summed E-state index contributed by atoms with van der Waals surface area (Å²) in [6, 6.07) is 3.42. The average molecular weight is 326 g/mol. The molecule has 0 aliphatic rings. The zero-order chi connectivity index (χ0) is 15.6. The number of carboxylic acid groups (broad SMARTS) is 1. The first kappa shape index (κ1) is 15.1. The lowest BCUT2D eigenvalue weighted by molar-refractivity contribution is 0.0696. The van der Waals surface area contributed by atoms with E-state index in [1.54, 1.807) is 0 Å². The highest BCUT2D eigenvalue weighted by Gasteiger charge is 2.15. The number of nitrogens with zero attached hydrogens (tertiary/aromatic N) is 1. The van der Waals surface area contributed by atoms with Gasteiger partial charge >= 0.3 is 5.97 Å². The molecule has 0 saturated heterocycles. The quantitative estimate of drug-likeness (QED) is 0.880. The number of amides is 1. The topological polar surface area (TPSA) is 113 Å². The molecule has 0 aliphatic carbocycles. The molecule has 0 saturated carbocycles. The molecule has 0 fully saturated rings. The first-order chi connectivity index (χ1) is 9.77. The molecule has 0 unspecified atom stereocenters. The highest BCUT2D eigenvalue weighted by molar-refractivity contribution is 7.90. The molecule has 2 N–H and O–H groups in total. The van der Waals surface area contributed by atoms with Crippen LogP contribution in [0, 0.1) is 0 Å². The molecule has 1 aromatic carbocycles. The zero-order valence-electron chi connectivity index (χ0n) is 10.7. The van der Waals surface area contributed by atoms with Crippen LogP contribution in [0.5, 0.6) is 0 Å². The minimum atomic E-state index is -3.60. The Hall–Kier alpha value is -2.26. The third-order valence-corrected chi connectivity index (χ3v) is 4.18. The number of aromatic nitrogens is 1. The molecular weight excluding hydrogens is 316 g/mol. The van der Waals surface area contributed by atoms with Crippen molar-refractivity contribution in [3.05, 3.63) is 40.3 Å². The molecule has 1 heterocycles. The zero-order valence-corrected chi connectivity index (χ0v) is 12.4. The number of sulfone groups is 1. The molecule has 21 heavy (non-hydrogen) atoms. The summed E-state index contributed by atoms with van der Waals surface area (Å²) < 4.78 is 23.1. The van der Waals surface area contributed by atoms with E-state index in [0.717, 1.165) is 12.3 Å². The molecule has 0 atom stereocenters. The fraction of sp³-hybridized carbons (Fsp3) is 0.0833. The van der Waals surface area contributed by atoms with Crippen molar-refractivity contribution in [2.45, 2.75) is 4.90 Å². The summed E-state index contributed by atoms with van der Waals surface area (Å²) in [6.07, 6.45) is 0.958. The number of hydrogen-bond donors (Lipinski definition) is 2. The van der Waals surface area contributed by atoms with Crippen molar-refractivity contribution in [3.8, 4) is 0 Å². The smallest absolute Gasteiger partial charge is 0.335 e. The Labute approximate surface area is 124 Å². The fourth-order valence-electron chi connectivity index (χ4n) is 1.53. The molecule has 0 spiro atoms. The molecule has 1 aromatic heterocycles. The van der Waals surface area contributed by atoms with Crippen molar-refractivity contribution in [2.24, 2.45) is 0 Å². The van der Waals surface area contributed by atoms with Gasteiger partial charge in [-0.2, -0.15) is 0 Å². The van der Waals surface area contributed by atoms with E-state index < -0.39 is 21.7 Å². The second-order valence-electron chi connectivity index (χ2n) is 4.15. The Morgan fingerprint density at radius 3 is 2.52 bits per heavy atom. The number of carbonyl (C=O) groups excluding carboxylic acids is 1. The van der Waals surface area contributed by atoms with Gasteiger partial charge < -0.3 is 10.4 Å². The SMILES string of the molecule is CS(=O)(=O)c1cc(NC(=O)c2cscn2)cc(C(=O)O)c1. The highest BCUT2D eigenvalue weighted by atomic mass is 32.2. The predicted molar refractivity (Wildman–Crippen MR) is 76.6 cm³/mol. The molecule has 7 nitrogen and oxygen atoms in total. The Bertz CT molecular complexity index is 797. The maximum Gasteiger partial charge on any atom is 0.335 e. The van der Waals surface area contributed by atoms with Crippen LogP contribution < -0.4 is 5.32 Å². The summed E-state index contributed by atoms with van der Waals surface area (Å²) in [6.45, 7) is 0. The molecule has 9 heteroatoms. The Kier molecular flexibility index (Phi) is 4.05. The lowest BCUT2D eigenvalue weighted by Gasteiger charge is -2.07. The van der Waals surface area contributed by atoms with E-state index in [0.29, 0.717) is 0 Å². The minimum Gasteiger partial charge on any atom is -0.478 e. The Morgan fingerprint density at radius 2 is 2.00 bits per heavy atom. The number of hydrogen-bond acceptors (Lipinski definition) is 6. The first-order valence-corrected chi connectivity index (χ1v) is 8.39. The summed E-state index contributed by atoms with van der Waals surface area (Å²) in [4.78, 5) is 26.5. The van der Waals surface area contributed by atoms with E-state index >= 15 is 0 Å². The standard InChI is InChI=1S/C12H10N2O5S2/c1-21(18,19)9-3-7(12(16)17)2-8(4-9)14-11(15)10-5-20-6-13-10/h2-6H,1H3,(H,14,15)(H,16,17). The number of carboxylic acids is 1. The van der Waals surface area contributed by atoms with Crippen LogP contribution in [0.4, 0.5) is 5.69 Å². The van der Waals surface area contributed by atoms with Gasteiger partial charge in [0.1, 0.15) is 5.69 Å². The summed E-state index contributed by atoms with van der Waals surface area (Å²) in [5.74, 6) is -1.83. The third-order valence-electron chi connectivity index (χ3n) is 2.50. The molecule has 2 aromatic rings. The van der Waals surface area contributed by atoms with Crippen LogP contribution in [0.2, 0.25) is 0 Å². The van der Waals surface area contributed by atoms with Crippen LogP contribution in [0.3, 0.4) is 0 Å².